The zero-order chi connectivity index (χ0) is 21.8. The molecule has 3 aromatic rings. The van der Waals surface area contributed by atoms with Crippen LogP contribution in [0.25, 0.3) is 10.9 Å². The van der Waals surface area contributed by atoms with Crippen LogP contribution in [-0.4, -0.2) is 80.9 Å². The topological polar surface area (TPSA) is 72.2 Å². The van der Waals surface area contributed by atoms with Gasteiger partial charge in [0.25, 0.3) is 0 Å². The first kappa shape index (κ1) is 21.4. The molecule has 32 heavy (non-hydrogen) atoms. The van der Waals surface area contributed by atoms with Gasteiger partial charge in [-0.05, 0) is 47.0 Å². The Labute approximate surface area is 189 Å². The molecule has 1 aliphatic carbocycles. The highest BCUT2D eigenvalue weighted by atomic mass is 16.5. The molecule has 0 radical (unpaired) electrons. The maximum absolute atomic E-state index is 5.30. The van der Waals surface area contributed by atoms with Crippen LogP contribution < -0.4 is 0 Å². The number of piperazine rings is 1. The van der Waals surface area contributed by atoms with Crippen LogP contribution in [0.5, 0.6) is 0 Å². The van der Waals surface area contributed by atoms with E-state index in [2.05, 4.69) is 54.6 Å². The molecule has 1 atom stereocenters. The lowest BCUT2D eigenvalue weighted by atomic mass is 9.93. The van der Waals surface area contributed by atoms with E-state index in [0.717, 1.165) is 48.9 Å². The average Bonchev–Trinajstić information content (AvgIpc) is 3.32. The fourth-order valence-electron chi connectivity index (χ4n) is 5.34. The number of tetrazole rings is 1. The molecule has 1 aliphatic heterocycles. The van der Waals surface area contributed by atoms with Crippen molar-refractivity contribution in [1.29, 1.82) is 0 Å². The molecule has 8 nitrogen and oxygen atoms in total. The molecule has 0 bridgehead atoms. The fraction of sp³-hybridized carbons (Fsp3) is 0.583. The maximum atomic E-state index is 5.30. The number of ether oxygens (including phenoxy) is 1. The molecule has 170 valence electrons. The molecule has 0 unspecified atom stereocenters. The number of rotatable bonds is 7. The van der Waals surface area contributed by atoms with Crippen LogP contribution in [0, 0.1) is 0 Å². The van der Waals surface area contributed by atoms with Crippen molar-refractivity contribution < 1.29 is 4.74 Å². The smallest absolute Gasteiger partial charge is 0.173 e. The summed E-state index contributed by atoms with van der Waals surface area (Å²) < 4.78 is 7.19. The van der Waals surface area contributed by atoms with E-state index in [4.69, 9.17) is 4.74 Å². The first-order chi connectivity index (χ1) is 15.8. The van der Waals surface area contributed by atoms with Gasteiger partial charge in [0.05, 0.1) is 24.7 Å². The molecule has 3 heterocycles. The van der Waals surface area contributed by atoms with Crippen molar-refractivity contribution in [2.45, 2.75) is 50.7 Å². The summed E-state index contributed by atoms with van der Waals surface area (Å²) in [6.07, 6.45) is 8.72. The van der Waals surface area contributed by atoms with Crippen molar-refractivity contribution >= 4 is 10.9 Å². The molecule has 1 saturated heterocycles. The van der Waals surface area contributed by atoms with Gasteiger partial charge in [-0.15, -0.1) is 5.10 Å². The molecule has 1 aromatic carbocycles. The standard InChI is InChI=1S/C24H33N7O/c1-32-17-16-31-24(26-27-28-31)23(20-9-10-22-19(18-20)6-5-11-25-22)30-14-12-29(13-15-30)21-7-3-2-4-8-21/h5-6,9-11,18,21,23H,2-4,7-8,12-17H2,1H3/t23-/m1/s1. The predicted octanol–water partition coefficient (Wildman–Crippen LogP) is 2.91. The molecule has 2 fully saturated rings. The highest BCUT2D eigenvalue weighted by Gasteiger charge is 2.32. The molecule has 8 heteroatoms. The van der Waals surface area contributed by atoms with Gasteiger partial charge in [0, 0.05) is 50.9 Å². The lowest BCUT2D eigenvalue weighted by Gasteiger charge is -2.43. The molecule has 1 saturated carbocycles. The van der Waals surface area contributed by atoms with Crippen molar-refractivity contribution in [2.75, 3.05) is 39.9 Å². The van der Waals surface area contributed by atoms with E-state index in [-0.39, 0.29) is 6.04 Å². The van der Waals surface area contributed by atoms with Gasteiger partial charge >= 0.3 is 0 Å². The van der Waals surface area contributed by atoms with E-state index in [1.165, 1.54) is 37.7 Å². The van der Waals surface area contributed by atoms with Gasteiger partial charge in [0.2, 0.25) is 0 Å². The molecule has 0 spiro atoms. The minimum absolute atomic E-state index is 0.0139. The Morgan fingerprint density at radius 1 is 1.06 bits per heavy atom. The average molecular weight is 436 g/mol. The summed E-state index contributed by atoms with van der Waals surface area (Å²) in [6.45, 7) is 5.48. The SMILES string of the molecule is COCCn1nnnc1[C@@H](c1ccc2ncccc2c1)N1CCN(C2CCCCC2)CC1. The van der Waals surface area contributed by atoms with Crippen molar-refractivity contribution in [3.8, 4) is 0 Å². The Hall–Kier alpha value is -2.42. The number of hydrogen-bond acceptors (Lipinski definition) is 7. The van der Waals surface area contributed by atoms with Gasteiger partial charge in [0.1, 0.15) is 0 Å². The molecule has 2 aliphatic rings. The first-order valence-electron chi connectivity index (χ1n) is 11.9. The molecule has 0 N–H and O–H groups in total. The molecule has 0 amide bonds. The summed E-state index contributed by atoms with van der Waals surface area (Å²) in [4.78, 5) is 9.76. The molecule has 5 rings (SSSR count). The normalized spacial score (nSPS) is 20.0. The second-order valence-corrected chi connectivity index (χ2v) is 8.97. The summed E-state index contributed by atoms with van der Waals surface area (Å²) in [5, 5.41) is 13.9. The van der Waals surface area contributed by atoms with Crippen LogP contribution >= 0.6 is 0 Å². The zero-order valence-corrected chi connectivity index (χ0v) is 18.9. The third-order valence-electron chi connectivity index (χ3n) is 7.06. The number of benzene rings is 1. The minimum Gasteiger partial charge on any atom is -0.383 e. The number of pyridine rings is 1. The summed E-state index contributed by atoms with van der Waals surface area (Å²) >= 11 is 0. The van der Waals surface area contributed by atoms with Crippen molar-refractivity contribution in [2.24, 2.45) is 0 Å². The highest BCUT2D eigenvalue weighted by molar-refractivity contribution is 5.79. The van der Waals surface area contributed by atoms with E-state index >= 15 is 0 Å². The third-order valence-corrected chi connectivity index (χ3v) is 7.06. The van der Waals surface area contributed by atoms with Crippen LogP contribution in [0.3, 0.4) is 0 Å². The van der Waals surface area contributed by atoms with E-state index in [1.807, 2.05) is 16.9 Å². The van der Waals surface area contributed by atoms with E-state index in [9.17, 15) is 0 Å². The molecule has 2 aromatic heterocycles. The Morgan fingerprint density at radius 2 is 1.91 bits per heavy atom. The molecular weight excluding hydrogens is 402 g/mol. The largest absolute Gasteiger partial charge is 0.383 e. The first-order valence-corrected chi connectivity index (χ1v) is 11.9. The summed E-state index contributed by atoms with van der Waals surface area (Å²) in [5.41, 5.74) is 2.22. The molecular formula is C24H33N7O. The Morgan fingerprint density at radius 3 is 2.72 bits per heavy atom. The van der Waals surface area contributed by atoms with E-state index < -0.39 is 0 Å². The number of aromatic nitrogens is 5. The van der Waals surface area contributed by atoms with Gasteiger partial charge in [-0.25, -0.2) is 4.68 Å². The minimum atomic E-state index is 0.0139. The van der Waals surface area contributed by atoms with Gasteiger partial charge in [-0.2, -0.15) is 0 Å². The van der Waals surface area contributed by atoms with Gasteiger partial charge in [-0.3, -0.25) is 14.8 Å². The predicted molar refractivity (Wildman–Crippen MR) is 123 cm³/mol. The summed E-state index contributed by atoms with van der Waals surface area (Å²) in [6, 6.07) is 11.4. The fourth-order valence-corrected chi connectivity index (χ4v) is 5.34. The quantitative estimate of drug-likeness (QED) is 0.565. The maximum Gasteiger partial charge on any atom is 0.173 e. The second-order valence-electron chi connectivity index (χ2n) is 8.97. The number of hydrogen-bond donors (Lipinski definition) is 0. The second kappa shape index (κ2) is 10.0. The van der Waals surface area contributed by atoms with Crippen LogP contribution in [0.1, 0.15) is 49.5 Å². The van der Waals surface area contributed by atoms with E-state index in [1.54, 1.807) is 7.11 Å². The Bertz CT molecular complexity index is 1010. The van der Waals surface area contributed by atoms with E-state index in [0.29, 0.717) is 13.2 Å². The van der Waals surface area contributed by atoms with Gasteiger partial charge < -0.3 is 4.74 Å². The number of fused-ring (bicyclic) bond motifs is 1. The van der Waals surface area contributed by atoms with Crippen molar-refractivity contribution in [3.05, 3.63) is 47.9 Å². The third kappa shape index (κ3) is 4.53. The van der Waals surface area contributed by atoms with Crippen LogP contribution in [0.2, 0.25) is 0 Å². The zero-order valence-electron chi connectivity index (χ0n) is 18.9. The lowest BCUT2D eigenvalue weighted by molar-refractivity contribution is 0.0615. The monoisotopic (exact) mass is 435 g/mol. The van der Waals surface area contributed by atoms with Crippen molar-refractivity contribution in [1.82, 2.24) is 35.0 Å². The Balaban J connectivity index is 1.43. The van der Waals surface area contributed by atoms with Crippen LogP contribution in [0.4, 0.5) is 0 Å². The van der Waals surface area contributed by atoms with Gasteiger partial charge in [-0.1, -0.05) is 31.4 Å². The van der Waals surface area contributed by atoms with Crippen molar-refractivity contribution in [3.63, 3.8) is 0 Å². The summed E-state index contributed by atoms with van der Waals surface area (Å²) in [5.74, 6) is 0.886. The highest BCUT2D eigenvalue weighted by Crippen LogP contribution is 2.31. The Kier molecular flexibility index (Phi) is 6.71. The number of methoxy groups -OCH3 is 1. The van der Waals surface area contributed by atoms with Crippen LogP contribution in [-0.2, 0) is 11.3 Å². The lowest BCUT2D eigenvalue weighted by Crippen LogP contribution is -2.52. The van der Waals surface area contributed by atoms with Gasteiger partial charge in [0.15, 0.2) is 5.82 Å². The summed E-state index contributed by atoms with van der Waals surface area (Å²) in [7, 11) is 1.71. The number of nitrogens with zero attached hydrogens (tertiary/aromatic N) is 7. The van der Waals surface area contributed by atoms with Crippen LogP contribution in [0.15, 0.2) is 36.5 Å².